The van der Waals surface area contributed by atoms with Crippen molar-refractivity contribution < 1.29 is 4.79 Å². The van der Waals surface area contributed by atoms with Gasteiger partial charge in [0.25, 0.3) is 5.91 Å². The fraction of sp³-hybridized carbons (Fsp3) is 0.375. The number of nitrogens with zero attached hydrogens (tertiary/aromatic N) is 2. The van der Waals surface area contributed by atoms with Crippen molar-refractivity contribution in [1.29, 1.82) is 0 Å². The Morgan fingerprint density at radius 1 is 1.58 bits per heavy atom. The van der Waals surface area contributed by atoms with Crippen molar-refractivity contribution >= 4 is 5.91 Å². The van der Waals surface area contributed by atoms with Crippen LogP contribution >= 0.6 is 0 Å². The van der Waals surface area contributed by atoms with Gasteiger partial charge in [-0.25, -0.2) is 9.97 Å². The Morgan fingerprint density at radius 2 is 2.33 bits per heavy atom. The van der Waals surface area contributed by atoms with Crippen LogP contribution in [0, 0.1) is 6.92 Å². The van der Waals surface area contributed by atoms with E-state index in [0.29, 0.717) is 12.2 Å². The molecule has 0 aromatic carbocycles. The molecule has 4 nitrogen and oxygen atoms in total. The third-order valence-electron chi connectivity index (χ3n) is 1.37. The van der Waals surface area contributed by atoms with Gasteiger partial charge in [-0.3, -0.25) is 4.79 Å². The van der Waals surface area contributed by atoms with E-state index in [1.54, 1.807) is 6.07 Å². The topological polar surface area (TPSA) is 54.9 Å². The molecule has 0 unspecified atom stereocenters. The van der Waals surface area contributed by atoms with E-state index in [4.69, 9.17) is 0 Å². The van der Waals surface area contributed by atoms with Gasteiger partial charge in [0, 0.05) is 12.2 Å². The first kappa shape index (κ1) is 8.64. The van der Waals surface area contributed by atoms with E-state index in [-0.39, 0.29) is 5.91 Å². The standard InChI is InChI=1S/C8H11N3O/c1-3-9-8(12)7-4-6(2)10-5-11-7/h4-5H,3H2,1-2H3,(H,9,12). The van der Waals surface area contributed by atoms with Crippen LogP contribution in [-0.2, 0) is 0 Å². The molecule has 1 N–H and O–H groups in total. The Morgan fingerprint density at radius 3 is 2.92 bits per heavy atom. The van der Waals surface area contributed by atoms with Gasteiger partial charge in [0.1, 0.15) is 12.0 Å². The lowest BCUT2D eigenvalue weighted by Crippen LogP contribution is -2.23. The molecule has 1 rings (SSSR count). The van der Waals surface area contributed by atoms with Crippen molar-refractivity contribution in [2.75, 3.05) is 6.54 Å². The highest BCUT2D eigenvalue weighted by atomic mass is 16.1. The number of carbonyl (C=O) groups is 1. The lowest BCUT2D eigenvalue weighted by molar-refractivity contribution is 0.0950. The minimum atomic E-state index is -0.150. The van der Waals surface area contributed by atoms with Crippen LogP contribution in [0.4, 0.5) is 0 Å². The summed E-state index contributed by atoms with van der Waals surface area (Å²) in [5, 5.41) is 2.66. The highest BCUT2D eigenvalue weighted by molar-refractivity contribution is 5.92. The van der Waals surface area contributed by atoms with Crippen LogP contribution in [-0.4, -0.2) is 22.4 Å². The molecule has 0 aliphatic rings. The van der Waals surface area contributed by atoms with Gasteiger partial charge in [-0.15, -0.1) is 0 Å². The smallest absolute Gasteiger partial charge is 0.270 e. The third-order valence-corrected chi connectivity index (χ3v) is 1.37. The molecule has 1 aromatic rings. The maximum absolute atomic E-state index is 11.2. The monoisotopic (exact) mass is 165 g/mol. The SMILES string of the molecule is CCNC(=O)c1cc(C)ncn1. The third kappa shape index (κ3) is 2.02. The Kier molecular flexibility index (Phi) is 2.74. The Hall–Kier alpha value is -1.45. The Labute approximate surface area is 71.0 Å². The van der Waals surface area contributed by atoms with Gasteiger partial charge in [0.2, 0.25) is 0 Å². The second-order valence-electron chi connectivity index (χ2n) is 2.40. The maximum atomic E-state index is 11.2. The summed E-state index contributed by atoms with van der Waals surface area (Å²) in [6, 6.07) is 1.66. The first-order valence-electron chi connectivity index (χ1n) is 3.81. The first-order valence-corrected chi connectivity index (χ1v) is 3.81. The molecule has 12 heavy (non-hydrogen) atoms. The van der Waals surface area contributed by atoms with Crippen LogP contribution in [0.1, 0.15) is 23.1 Å². The minimum absolute atomic E-state index is 0.150. The van der Waals surface area contributed by atoms with Gasteiger partial charge in [-0.2, -0.15) is 0 Å². The van der Waals surface area contributed by atoms with Crippen LogP contribution in [0.2, 0.25) is 0 Å². The summed E-state index contributed by atoms with van der Waals surface area (Å²) < 4.78 is 0. The lowest BCUT2D eigenvalue weighted by atomic mass is 10.3. The molecular formula is C8H11N3O. The molecule has 1 heterocycles. The molecule has 64 valence electrons. The number of rotatable bonds is 2. The van der Waals surface area contributed by atoms with Gasteiger partial charge in [0.15, 0.2) is 0 Å². The molecule has 0 aliphatic carbocycles. The number of hydrogen-bond acceptors (Lipinski definition) is 3. The fourth-order valence-electron chi connectivity index (χ4n) is 0.830. The number of hydrogen-bond donors (Lipinski definition) is 1. The average molecular weight is 165 g/mol. The molecule has 0 fully saturated rings. The molecule has 0 radical (unpaired) electrons. The molecule has 0 bridgehead atoms. The summed E-state index contributed by atoms with van der Waals surface area (Å²) in [4.78, 5) is 18.9. The van der Waals surface area contributed by atoms with Gasteiger partial charge >= 0.3 is 0 Å². The van der Waals surface area contributed by atoms with Gasteiger partial charge in [-0.1, -0.05) is 0 Å². The molecule has 4 heteroatoms. The molecule has 1 amide bonds. The van der Waals surface area contributed by atoms with E-state index in [0.717, 1.165) is 5.69 Å². The number of nitrogens with one attached hydrogen (secondary N) is 1. The van der Waals surface area contributed by atoms with Gasteiger partial charge in [0.05, 0.1) is 0 Å². The highest BCUT2D eigenvalue weighted by Gasteiger charge is 2.04. The molecular weight excluding hydrogens is 154 g/mol. The lowest BCUT2D eigenvalue weighted by Gasteiger charge is -2.00. The summed E-state index contributed by atoms with van der Waals surface area (Å²) in [5.41, 5.74) is 1.22. The van der Waals surface area contributed by atoms with Crippen LogP contribution in [0.5, 0.6) is 0 Å². The summed E-state index contributed by atoms with van der Waals surface area (Å²) in [6.07, 6.45) is 1.39. The van der Waals surface area contributed by atoms with E-state index in [1.165, 1.54) is 6.33 Å². The Balaban J connectivity index is 2.81. The van der Waals surface area contributed by atoms with E-state index in [1.807, 2.05) is 13.8 Å². The molecule has 0 spiro atoms. The van der Waals surface area contributed by atoms with Crippen molar-refractivity contribution in [2.45, 2.75) is 13.8 Å². The molecule has 0 saturated heterocycles. The zero-order valence-corrected chi connectivity index (χ0v) is 7.16. The van der Waals surface area contributed by atoms with Gasteiger partial charge < -0.3 is 5.32 Å². The minimum Gasteiger partial charge on any atom is -0.351 e. The predicted octanol–water partition coefficient (Wildman–Crippen LogP) is 0.535. The summed E-state index contributed by atoms with van der Waals surface area (Å²) in [5.74, 6) is -0.150. The molecule has 1 aromatic heterocycles. The Bertz CT molecular complexity index is 285. The largest absolute Gasteiger partial charge is 0.351 e. The maximum Gasteiger partial charge on any atom is 0.270 e. The van der Waals surface area contributed by atoms with Crippen molar-refractivity contribution in [1.82, 2.24) is 15.3 Å². The normalized spacial score (nSPS) is 9.50. The quantitative estimate of drug-likeness (QED) is 0.695. The number of amides is 1. The van der Waals surface area contributed by atoms with Crippen molar-refractivity contribution in [3.05, 3.63) is 23.8 Å². The van der Waals surface area contributed by atoms with E-state index in [9.17, 15) is 4.79 Å². The van der Waals surface area contributed by atoms with Crippen LogP contribution in [0.3, 0.4) is 0 Å². The van der Waals surface area contributed by atoms with Crippen molar-refractivity contribution in [2.24, 2.45) is 0 Å². The zero-order valence-electron chi connectivity index (χ0n) is 7.16. The summed E-state index contributed by atoms with van der Waals surface area (Å²) in [6.45, 7) is 4.30. The zero-order chi connectivity index (χ0) is 8.97. The first-order chi connectivity index (χ1) is 5.74. The van der Waals surface area contributed by atoms with E-state index < -0.39 is 0 Å². The number of aromatic nitrogens is 2. The number of aryl methyl sites for hydroxylation is 1. The second-order valence-corrected chi connectivity index (χ2v) is 2.40. The van der Waals surface area contributed by atoms with Crippen LogP contribution in [0.25, 0.3) is 0 Å². The van der Waals surface area contributed by atoms with E-state index >= 15 is 0 Å². The van der Waals surface area contributed by atoms with E-state index in [2.05, 4.69) is 15.3 Å². The second kappa shape index (κ2) is 3.80. The summed E-state index contributed by atoms with van der Waals surface area (Å²) >= 11 is 0. The summed E-state index contributed by atoms with van der Waals surface area (Å²) in [7, 11) is 0. The fourth-order valence-corrected chi connectivity index (χ4v) is 0.830. The predicted molar refractivity (Wildman–Crippen MR) is 44.8 cm³/mol. The average Bonchev–Trinajstić information content (AvgIpc) is 2.05. The molecule has 0 aliphatic heterocycles. The van der Waals surface area contributed by atoms with Crippen molar-refractivity contribution in [3.8, 4) is 0 Å². The van der Waals surface area contributed by atoms with Gasteiger partial charge in [-0.05, 0) is 19.9 Å². The van der Waals surface area contributed by atoms with Crippen molar-refractivity contribution in [3.63, 3.8) is 0 Å². The number of carbonyl (C=O) groups excluding carboxylic acids is 1. The van der Waals surface area contributed by atoms with Crippen LogP contribution in [0.15, 0.2) is 12.4 Å². The highest BCUT2D eigenvalue weighted by Crippen LogP contribution is 1.95. The van der Waals surface area contributed by atoms with Crippen LogP contribution < -0.4 is 5.32 Å². The molecule has 0 saturated carbocycles. The molecule has 0 atom stereocenters.